The fourth-order valence-electron chi connectivity index (χ4n) is 3.76. The topological polar surface area (TPSA) is 68.4 Å². The number of aromatic amines is 1. The van der Waals surface area contributed by atoms with E-state index in [1.54, 1.807) is 0 Å². The summed E-state index contributed by atoms with van der Waals surface area (Å²) in [6.45, 7) is 4.39. The standard InChI is InChI=1S/C23H27N3O2/c1-2-16-3-8-22-17(13-16)14-18(23(28)25-22)15-24-19-4-6-20(7-5-19)26-11-9-21(27)10-12-26/h3-8,13-14,21,24,27H,2,9-12,15H2,1H3,(H,25,28). The Kier molecular flexibility index (Phi) is 5.35. The second-order valence-electron chi connectivity index (χ2n) is 7.52. The second kappa shape index (κ2) is 8.07. The Balaban J connectivity index is 1.45. The molecule has 5 nitrogen and oxygen atoms in total. The molecule has 1 aromatic heterocycles. The molecule has 2 heterocycles. The van der Waals surface area contributed by atoms with Gasteiger partial charge in [-0.3, -0.25) is 4.79 Å². The Labute approximate surface area is 165 Å². The summed E-state index contributed by atoms with van der Waals surface area (Å²) in [6.07, 6.45) is 2.46. The monoisotopic (exact) mass is 377 g/mol. The van der Waals surface area contributed by atoms with Gasteiger partial charge in [0.15, 0.2) is 0 Å². The van der Waals surface area contributed by atoms with E-state index in [0.717, 1.165) is 54.5 Å². The number of nitrogens with zero attached hydrogens (tertiary/aromatic N) is 1. The number of aliphatic hydroxyl groups is 1. The van der Waals surface area contributed by atoms with Gasteiger partial charge in [-0.1, -0.05) is 13.0 Å². The molecule has 0 spiro atoms. The third-order valence-electron chi connectivity index (χ3n) is 5.57. The van der Waals surface area contributed by atoms with Crippen molar-refractivity contribution in [3.63, 3.8) is 0 Å². The molecule has 3 aromatic rings. The molecule has 1 fully saturated rings. The molecule has 1 saturated heterocycles. The fourth-order valence-corrected chi connectivity index (χ4v) is 3.76. The van der Waals surface area contributed by atoms with Crippen molar-refractivity contribution in [2.75, 3.05) is 23.3 Å². The van der Waals surface area contributed by atoms with Crippen molar-refractivity contribution >= 4 is 22.3 Å². The highest BCUT2D eigenvalue weighted by Gasteiger charge is 2.17. The Hall–Kier alpha value is -2.79. The van der Waals surface area contributed by atoms with Crippen LogP contribution in [0.1, 0.15) is 30.9 Å². The van der Waals surface area contributed by atoms with Gasteiger partial charge in [-0.2, -0.15) is 0 Å². The van der Waals surface area contributed by atoms with Crippen LogP contribution in [0.25, 0.3) is 10.9 Å². The number of aromatic nitrogens is 1. The van der Waals surface area contributed by atoms with Gasteiger partial charge in [0.05, 0.1) is 6.10 Å². The largest absolute Gasteiger partial charge is 0.393 e. The lowest BCUT2D eigenvalue weighted by Crippen LogP contribution is -2.35. The first-order valence-corrected chi connectivity index (χ1v) is 10.0. The Morgan fingerprint density at radius 3 is 2.57 bits per heavy atom. The average molecular weight is 377 g/mol. The van der Waals surface area contributed by atoms with Gasteiger partial charge in [-0.25, -0.2) is 0 Å². The predicted molar refractivity (Wildman–Crippen MR) is 115 cm³/mol. The first-order valence-electron chi connectivity index (χ1n) is 10.0. The lowest BCUT2D eigenvalue weighted by molar-refractivity contribution is 0.145. The van der Waals surface area contributed by atoms with Crippen molar-refractivity contribution in [1.29, 1.82) is 0 Å². The average Bonchev–Trinajstić information content (AvgIpc) is 2.73. The zero-order valence-electron chi connectivity index (χ0n) is 16.2. The van der Waals surface area contributed by atoms with Crippen LogP contribution < -0.4 is 15.8 Å². The van der Waals surface area contributed by atoms with Crippen LogP contribution >= 0.6 is 0 Å². The van der Waals surface area contributed by atoms with Crippen LogP contribution in [0.15, 0.2) is 53.3 Å². The Bertz CT molecular complexity index is 1000. The summed E-state index contributed by atoms with van der Waals surface area (Å²) < 4.78 is 0. The lowest BCUT2D eigenvalue weighted by Gasteiger charge is -2.31. The Morgan fingerprint density at radius 2 is 1.86 bits per heavy atom. The molecular weight excluding hydrogens is 350 g/mol. The summed E-state index contributed by atoms with van der Waals surface area (Å²) in [4.78, 5) is 17.7. The maximum atomic E-state index is 12.4. The number of hydrogen-bond acceptors (Lipinski definition) is 4. The molecule has 146 valence electrons. The van der Waals surface area contributed by atoms with E-state index in [4.69, 9.17) is 0 Å². The van der Waals surface area contributed by atoms with Crippen molar-refractivity contribution in [3.05, 3.63) is 70.0 Å². The molecule has 0 atom stereocenters. The summed E-state index contributed by atoms with van der Waals surface area (Å²) in [7, 11) is 0. The molecule has 1 aliphatic rings. The molecule has 0 radical (unpaired) electrons. The van der Waals surface area contributed by atoms with Gasteiger partial charge in [-0.15, -0.1) is 0 Å². The summed E-state index contributed by atoms with van der Waals surface area (Å²) >= 11 is 0. The fraction of sp³-hybridized carbons (Fsp3) is 0.348. The molecule has 2 aromatic carbocycles. The highest BCUT2D eigenvalue weighted by molar-refractivity contribution is 5.79. The first-order chi connectivity index (χ1) is 13.6. The molecule has 0 bridgehead atoms. The summed E-state index contributed by atoms with van der Waals surface area (Å²) in [6, 6.07) is 16.4. The van der Waals surface area contributed by atoms with Gasteiger partial charge in [-0.05, 0) is 72.7 Å². The van der Waals surface area contributed by atoms with Crippen LogP contribution in [0.3, 0.4) is 0 Å². The molecule has 4 rings (SSSR count). The summed E-state index contributed by atoms with van der Waals surface area (Å²) in [5.41, 5.74) is 4.99. The number of rotatable bonds is 5. The third kappa shape index (κ3) is 4.04. The van der Waals surface area contributed by atoms with Crippen molar-refractivity contribution in [3.8, 4) is 0 Å². The summed E-state index contributed by atoms with van der Waals surface area (Å²) in [5.74, 6) is 0. The van der Waals surface area contributed by atoms with E-state index < -0.39 is 0 Å². The van der Waals surface area contributed by atoms with Gasteiger partial charge < -0.3 is 20.3 Å². The first kappa shape index (κ1) is 18.6. The van der Waals surface area contributed by atoms with Crippen LogP contribution in [0.2, 0.25) is 0 Å². The lowest BCUT2D eigenvalue weighted by atomic mass is 10.1. The van der Waals surface area contributed by atoms with Crippen LogP contribution in [-0.2, 0) is 13.0 Å². The zero-order chi connectivity index (χ0) is 19.5. The van der Waals surface area contributed by atoms with Gasteiger partial charge >= 0.3 is 0 Å². The van der Waals surface area contributed by atoms with Gasteiger partial charge in [0, 0.05) is 42.1 Å². The predicted octanol–water partition coefficient (Wildman–Crippen LogP) is 3.66. The number of anilines is 2. The molecule has 1 aliphatic heterocycles. The van der Waals surface area contributed by atoms with E-state index in [0.29, 0.717) is 6.54 Å². The van der Waals surface area contributed by atoms with Crippen LogP contribution in [0.4, 0.5) is 11.4 Å². The highest BCUT2D eigenvalue weighted by atomic mass is 16.3. The molecule has 5 heteroatoms. The van der Waals surface area contributed by atoms with E-state index >= 15 is 0 Å². The van der Waals surface area contributed by atoms with E-state index in [1.165, 1.54) is 11.3 Å². The normalized spacial score (nSPS) is 15.1. The minimum atomic E-state index is -0.161. The van der Waals surface area contributed by atoms with Crippen molar-refractivity contribution < 1.29 is 5.11 Å². The van der Waals surface area contributed by atoms with Crippen molar-refractivity contribution in [2.45, 2.75) is 38.8 Å². The highest BCUT2D eigenvalue weighted by Crippen LogP contribution is 2.22. The number of piperidine rings is 1. The molecule has 0 saturated carbocycles. The minimum Gasteiger partial charge on any atom is -0.393 e. The molecule has 3 N–H and O–H groups in total. The van der Waals surface area contributed by atoms with Crippen molar-refractivity contribution in [2.24, 2.45) is 0 Å². The number of pyridine rings is 1. The van der Waals surface area contributed by atoms with E-state index in [1.807, 2.05) is 24.3 Å². The number of hydrogen-bond donors (Lipinski definition) is 3. The molecule has 0 unspecified atom stereocenters. The number of benzene rings is 2. The summed E-state index contributed by atoms with van der Waals surface area (Å²) in [5, 5.41) is 14.1. The smallest absolute Gasteiger partial charge is 0.253 e. The van der Waals surface area contributed by atoms with E-state index in [9.17, 15) is 9.90 Å². The molecule has 0 amide bonds. The van der Waals surface area contributed by atoms with Crippen molar-refractivity contribution in [1.82, 2.24) is 4.98 Å². The number of aliphatic hydroxyl groups excluding tert-OH is 1. The van der Waals surface area contributed by atoms with E-state index in [2.05, 4.69) is 46.4 Å². The van der Waals surface area contributed by atoms with E-state index in [-0.39, 0.29) is 11.7 Å². The number of aryl methyl sites for hydroxylation is 1. The number of H-pyrrole nitrogens is 1. The van der Waals surface area contributed by atoms with Crippen LogP contribution in [0.5, 0.6) is 0 Å². The zero-order valence-corrected chi connectivity index (χ0v) is 16.2. The van der Waals surface area contributed by atoms with Gasteiger partial charge in [0.25, 0.3) is 5.56 Å². The van der Waals surface area contributed by atoms with Crippen LogP contribution in [0, 0.1) is 0 Å². The number of nitrogens with one attached hydrogen (secondary N) is 2. The van der Waals surface area contributed by atoms with Crippen LogP contribution in [-0.4, -0.2) is 29.3 Å². The quantitative estimate of drug-likeness (QED) is 0.635. The third-order valence-corrected chi connectivity index (χ3v) is 5.57. The maximum Gasteiger partial charge on any atom is 0.253 e. The minimum absolute atomic E-state index is 0.0484. The van der Waals surface area contributed by atoms with Gasteiger partial charge in [0.2, 0.25) is 0 Å². The maximum absolute atomic E-state index is 12.4. The molecular formula is C23H27N3O2. The SMILES string of the molecule is CCc1ccc2[nH]c(=O)c(CNc3ccc(N4CCC(O)CC4)cc3)cc2c1. The molecule has 0 aliphatic carbocycles. The second-order valence-corrected chi connectivity index (χ2v) is 7.52. The number of fused-ring (bicyclic) bond motifs is 1. The Morgan fingerprint density at radius 1 is 1.11 bits per heavy atom. The molecule has 28 heavy (non-hydrogen) atoms. The van der Waals surface area contributed by atoms with Gasteiger partial charge in [0.1, 0.15) is 0 Å².